The summed E-state index contributed by atoms with van der Waals surface area (Å²) in [6.07, 6.45) is 7.30. The van der Waals surface area contributed by atoms with Crippen LogP contribution in [0.2, 0.25) is 0 Å². The predicted molar refractivity (Wildman–Crippen MR) is 88.3 cm³/mol. The fourth-order valence-electron chi connectivity index (χ4n) is 2.72. The van der Waals surface area contributed by atoms with E-state index >= 15 is 0 Å². The molecule has 23 heavy (non-hydrogen) atoms. The molecule has 0 amide bonds. The van der Waals surface area contributed by atoms with Gasteiger partial charge in [0.2, 0.25) is 0 Å². The second kappa shape index (κ2) is 5.01. The molecule has 3 aromatic heterocycles. The lowest BCUT2D eigenvalue weighted by atomic mass is 10.1. The molecule has 0 aliphatic carbocycles. The number of rotatable bonds is 2. The van der Waals surface area contributed by atoms with Gasteiger partial charge in [-0.3, -0.25) is 0 Å². The second-order valence-electron chi connectivity index (χ2n) is 5.73. The van der Waals surface area contributed by atoms with Crippen LogP contribution in [0.25, 0.3) is 28.2 Å². The largest absolute Gasteiger partial charge is 0.350 e. The number of fused-ring (bicyclic) bond motifs is 1. The lowest BCUT2D eigenvalue weighted by Gasteiger charge is -2.00. The van der Waals surface area contributed by atoms with Gasteiger partial charge in [0, 0.05) is 42.1 Å². The normalized spacial score (nSPS) is 11.3. The summed E-state index contributed by atoms with van der Waals surface area (Å²) in [7, 11) is 2.05. The van der Waals surface area contributed by atoms with Gasteiger partial charge in [0.05, 0.1) is 0 Å². The molecule has 0 fully saturated rings. The van der Waals surface area contributed by atoms with E-state index in [0.29, 0.717) is 11.8 Å². The Morgan fingerprint density at radius 2 is 1.78 bits per heavy atom. The minimum absolute atomic E-state index is 0.520. The van der Waals surface area contributed by atoms with Crippen molar-refractivity contribution in [2.75, 3.05) is 0 Å². The van der Waals surface area contributed by atoms with Gasteiger partial charge in [0.25, 0.3) is 5.95 Å². The molecule has 0 radical (unpaired) electrons. The van der Waals surface area contributed by atoms with Crippen LogP contribution < -0.4 is 0 Å². The topological polar surface area (TPSA) is 61.4 Å². The molecule has 0 bridgehead atoms. The fraction of sp³-hybridized carbons (Fsp3) is 0.176. The summed E-state index contributed by atoms with van der Waals surface area (Å²) < 4.78 is 3.72. The lowest BCUT2D eigenvalue weighted by Crippen LogP contribution is -2.01. The number of hydrogen-bond acceptors (Lipinski definition) is 4. The Hall–Kier alpha value is -3.02. The lowest BCUT2D eigenvalue weighted by molar-refractivity contribution is 0.806. The second-order valence-corrected chi connectivity index (χ2v) is 5.73. The zero-order chi connectivity index (χ0) is 16.0. The number of hydrogen-bond donors (Lipinski definition) is 0. The standard InChI is InChI=1S/C17H16N6/c1-11-7-18-17(19-8-11)23-10-20-16(21-23)13-4-5-15-14(6-13)12(2)9-22(15)3/h4-10H,1-3H3. The molecule has 0 spiro atoms. The Morgan fingerprint density at radius 3 is 2.57 bits per heavy atom. The SMILES string of the molecule is Cc1cnc(-n2cnc(-c3ccc4c(c3)c(C)cn4C)n2)nc1. The Balaban J connectivity index is 1.76. The molecule has 1 aromatic carbocycles. The van der Waals surface area contributed by atoms with E-state index in [9.17, 15) is 0 Å². The summed E-state index contributed by atoms with van der Waals surface area (Å²) in [6, 6.07) is 6.26. The van der Waals surface area contributed by atoms with Gasteiger partial charge in [0.15, 0.2) is 5.82 Å². The fourth-order valence-corrected chi connectivity index (χ4v) is 2.72. The van der Waals surface area contributed by atoms with E-state index in [1.807, 2.05) is 13.0 Å². The number of aryl methyl sites for hydroxylation is 3. The van der Waals surface area contributed by atoms with Crippen molar-refractivity contribution in [2.45, 2.75) is 13.8 Å². The van der Waals surface area contributed by atoms with Crippen molar-refractivity contribution in [2.24, 2.45) is 7.05 Å². The maximum Gasteiger partial charge on any atom is 0.251 e. The first-order valence-electron chi connectivity index (χ1n) is 7.38. The van der Waals surface area contributed by atoms with E-state index in [4.69, 9.17) is 0 Å². The molecule has 6 heteroatoms. The quantitative estimate of drug-likeness (QED) is 0.571. The van der Waals surface area contributed by atoms with E-state index in [0.717, 1.165) is 11.1 Å². The van der Waals surface area contributed by atoms with Crippen molar-refractivity contribution < 1.29 is 0 Å². The third-order valence-electron chi connectivity index (χ3n) is 3.91. The zero-order valence-corrected chi connectivity index (χ0v) is 13.2. The molecule has 4 rings (SSSR count). The van der Waals surface area contributed by atoms with Crippen LogP contribution in [0.5, 0.6) is 0 Å². The van der Waals surface area contributed by atoms with Crippen molar-refractivity contribution in [3.8, 4) is 17.3 Å². The Morgan fingerprint density at radius 1 is 1.00 bits per heavy atom. The first-order chi connectivity index (χ1) is 11.1. The molecule has 0 aliphatic rings. The van der Waals surface area contributed by atoms with Crippen molar-refractivity contribution in [1.29, 1.82) is 0 Å². The van der Waals surface area contributed by atoms with E-state index < -0.39 is 0 Å². The monoisotopic (exact) mass is 304 g/mol. The maximum absolute atomic E-state index is 4.50. The third kappa shape index (κ3) is 2.28. The van der Waals surface area contributed by atoms with Gasteiger partial charge in [-0.2, -0.15) is 4.68 Å². The molecule has 0 saturated carbocycles. The molecule has 3 heterocycles. The Bertz CT molecular complexity index is 994. The van der Waals surface area contributed by atoms with E-state index in [-0.39, 0.29) is 0 Å². The number of nitrogens with zero attached hydrogens (tertiary/aromatic N) is 6. The summed E-state index contributed by atoms with van der Waals surface area (Å²) in [4.78, 5) is 12.9. The van der Waals surface area contributed by atoms with Gasteiger partial charge in [-0.05, 0) is 43.2 Å². The van der Waals surface area contributed by atoms with E-state index in [1.165, 1.54) is 16.5 Å². The summed E-state index contributed by atoms with van der Waals surface area (Å²) >= 11 is 0. The number of benzene rings is 1. The first-order valence-corrected chi connectivity index (χ1v) is 7.38. The van der Waals surface area contributed by atoms with Crippen LogP contribution >= 0.6 is 0 Å². The molecule has 6 nitrogen and oxygen atoms in total. The minimum Gasteiger partial charge on any atom is -0.350 e. The third-order valence-corrected chi connectivity index (χ3v) is 3.91. The zero-order valence-electron chi connectivity index (χ0n) is 13.2. The van der Waals surface area contributed by atoms with Gasteiger partial charge >= 0.3 is 0 Å². The van der Waals surface area contributed by atoms with Crippen molar-refractivity contribution >= 4 is 10.9 Å². The summed E-state index contributed by atoms with van der Waals surface area (Å²) in [5.41, 5.74) is 4.44. The van der Waals surface area contributed by atoms with Crippen LogP contribution in [0.15, 0.2) is 43.1 Å². The molecule has 0 unspecified atom stereocenters. The minimum atomic E-state index is 0.520. The highest BCUT2D eigenvalue weighted by Crippen LogP contribution is 2.25. The maximum atomic E-state index is 4.50. The predicted octanol–water partition coefficient (Wildman–Crippen LogP) is 2.83. The molecular formula is C17H16N6. The molecule has 4 aromatic rings. The molecule has 0 atom stereocenters. The first kappa shape index (κ1) is 13.6. The summed E-state index contributed by atoms with van der Waals surface area (Å²) in [5.74, 6) is 1.19. The highest BCUT2D eigenvalue weighted by molar-refractivity contribution is 5.87. The average Bonchev–Trinajstić information content (AvgIpc) is 3.14. The van der Waals surface area contributed by atoms with Crippen LogP contribution in [0.4, 0.5) is 0 Å². The van der Waals surface area contributed by atoms with Gasteiger partial charge in [0.1, 0.15) is 6.33 Å². The van der Waals surface area contributed by atoms with Gasteiger partial charge < -0.3 is 4.57 Å². The van der Waals surface area contributed by atoms with Gasteiger partial charge in [-0.25, -0.2) is 15.0 Å². The van der Waals surface area contributed by atoms with Crippen molar-refractivity contribution in [3.05, 3.63) is 54.2 Å². The molecule has 0 aliphatic heterocycles. The van der Waals surface area contributed by atoms with E-state index in [2.05, 4.69) is 56.9 Å². The van der Waals surface area contributed by atoms with Gasteiger partial charge in [-0.15, -0.1) is 5.10 Å². The van der Waals surface area contributed by atoms with Crippen molar-refractivity contribution in [3.63, 3.8) is 0 Å². The van der Waals surface area contributed by atoms with Crippen LogP contribution in [-0.4, -0.2) is 29.3 Å². The van der Waals surface area contributed by atoms with Crippen LogP contribution in [-0.2, 0) is 7.05 Å². The Kier molecular flexibility index (Phi) is 2.97. The van der Waals surface area contributed by atoms with Crippen LogP contribution in [0.3, 0.4) is 0 Å². The van der Waals surface area contributed by atoms with Crippen LogP contribution in [0.1, 0.15) is 11.1 Å². The Labute approximate surface area is 133 Å². The average molecular weight is 304 g/mol. The highest BCUT2D eigenvalue weighted by atomic mass is 15.4. The summed E-state index contributed by atoms with van der Waals surface area (Å²) in [6.45, 7) is 4.06. The summed E-state index contributed by atoms with van der Waals surface area (Å²) in [5, 5.41) is 5.71. The van der Waals surface area contributed by atoms with Crippen molar-refractivity contribution in [1.82, 2.24) is 29.3 Å². The highest BCUT2D eigenvalue weighted by Gasteiger charge is 2.10. The molecule has 114 valence electrons. The van der Waals surface area contributed by atoms with Crippen LogP contribution in [0, 0.1) is 13.8 Å². The smallest absolute Gasteiger partial charge is 0.251 e. The molecule has 0 N–H and O–H groups in total. The number of aromatic nitrogens is 6. The van der Waals surface area contributed by atoms with E-state index in [1.54, 1.807) is 23.4 Å². The molecular weight excluding hydrogens is 288 g/mol. The molecule has 0 saturated heterocycles. The van der Waals surface area contributed by atoms with Gasteiger partial charge in [-0.1, -0.05) is 0 Å².